The average Bonchev–Trinajstić information content (AvgIpc) is 2.83. The third kappa shape index (κ3) is 3.66. The molecule has 0 radical (unpaired) electrons. The summed E-state index contributed by atoms with van der Waals surface area (Å²) in [6.45, 7) is 0.665. The van der Waals surface area contributed by atoms with Crippen LogP contribution in [0, 0.1) is 0 Å². The summed E-state index contributed by atoms with van der Waals surface area (Å²) in [5, 5.41) is 10.9. The molecule has 0 unspecified atom stereocenters. The Bertz CT molecular complexity index is 345. The summed E-state index contributed by atoms with van der Waals surface area (Å²) in [4.78, 5) is 6.08. The van der Waals surface area contributed by atoms with E-state index in [1.807, 2.05) is 11.9 Å². The highest BCUT2D eigenvalue weighted by atomic mass is 32.1. The van der Waals surface area contributed by atoms with E-state index >= 15 is 0 Å². The van der Waals surface area contributed by atoms with E-state index in [0.717, 1.165) is 10.9 Å². The molecule has 1 aromatic rings. The summed E-state index contributed by atoms with van der Waals surface area (Å²) < 4.78 is 0. The fraction of sp³-hybridized carbons (Fsp3) is 0.727. The Morgan fingerprint density at radius 2 is 2.29 bits per heavy atom. The lowest BCUT2D eigenvalue weighted by molar-refractivity contribution is 0.390. The summed E-state index contributed by atoms with van der Waals surface area (Å²) in [5.41, 5.74) is 0. The van der Waals surface area contributed by atoms with Crippen molar-refractivity contribution < 1.29 is 0 Å². The van der Waals surface area contributed by atoms with Gasteiger partial charge in [0, 0.05) is 13.1 Å². The molecule has 0 atom stereocenters. The zero-order valence-corrected chi connectivity index (χ0v) is 11.0. The summed E-state index contributed by atoms with van der Waals surface area (Å²) in [5.74, 6) is 0.834. The van der Waals surface area contributed by atoms with E-state index < -0.39 is 0 Å². The highest BCUT2D eigenvalue weighted by Crippen LogP contribution is 2.17. The zero-order chi connectivity index (χ0) is 12.1. The van der Waals surface area contributed by atoms with Gasteiger partial charge in [-0.2, -0.15) is 5.10 Å². The van der Waals surface area contributed by atoms with Crippen LogP contribution < -0.4 is 5.32 Å². The van der Waals surface area contributed by atoms with E-state index in [9.17, 15) is 0 Å². The normalized spacial score (nSPS) is 16.8. The van der Waals surface area contributed by atoms with E-state index in [1.165, 1.54) is 38.4 Å². The number of aromatic amines is 1. The average molecular weight is 253 g/mol. The number of thiocarbonyl (C=S) groups is 1. The van der Waals surface area contributed by atoms with Crippen molar-refractivity contribution in [2.24, 2.45) is 0 Å². The number of rotatable bonds is 3. The highest BCUT2D eigenvalue weighted by molar-refractivity contribution is 7.80. The van der Waals surface area contributed by atoms with Gasteiger partial charge in [0.15, 0.2) is 5.11 Å². The molecule has 1 saturated carbocycles. The maximum Gasteiger partial charge on any atom is 0.169 e. The minimum absolute atomic E-state index is 0.549. The smallest absolute Gasteiger partial charge is 0.169 e. The molecule has 0 spiro atoms. The fourth-order valence-electron chi connectivity index (χ4n) is 2.14. The van der Waals surface area contributed by atoms with Gasteiger partial charge in [0.2, 0.25) is 0 Å². The molecule has 94 valence electrons. The Kier molecular flexibility index (Phi) is 4.30. The number of nitrogens with one attached hydrogen (secondary N) is 2. The third-order valence-electron chi connectivity index (χ3n) is 3.13. The summed E-state index contributed by atoms with van der Waals surface area (Å²) in [6, 6.07) is 0.549. The van der Waals surface area contributed by atoms with Crippen molar-refractivity contribution in [2.45, 2.75) is 44.7 Å². The molecule has 1 heterocycles. The van der Waals surface area contributed by atoms with Gasteiger partial charge in [-0.25, -0.2) is 4.98 Å². The summed E-state index contributed by atoms with van der Waals surface area (Å²) in [7, 11) is 1.97. The van der Waals surface area contributed by atoms with E-state index in [2.05, 4.69) is 20.5 Å². The Hall–Kier alpha value is -1.17. The van der Waals surface area contributed by atoms with Crippen molar-refractivity contribution in [1.29, 1.82) is 0 Å². The number of nitrogens with zero attached hydrogens (tertiary/aromatic N) is 3. The van der Waals surface area contributed by atoms with Crippen LogP contribution in [-0.4, -0.2) is 38.3 Å². The van der Waals surface area contributed by atoms with Crippen LogP contribution in [0.15, 0.2) is 6.33 Å². The molecule has 1 aliphatic rings. The van der Waals surface area contributed by atoms with E-state index in [-0.39, 0.29) is 0 Å². The molecule has 2 N–H and O–H groups in total. The number of hydrogen-bond donors (Lipinski definition) is 2. The first-order chi connectivity index (χ1) is 8.25. The van der Waals surface area contributed by atoms with Gasteiger partial charge in [0.1, 0.15) is 12.2 Å². The van der Waals surface area contributed by atoms with Gasteiger partial charge < -0.3 is 10.2 Å². The third-order valence-corrected chi connectivity index (χ3v) is 3.56. The molecule has 2 rings (SSSR count). The molecule has 1 aromatic heterocycles. The number of hydrogen-bond acceptors (Lipinski definition) is 3. The largest absolute Gasteiger partial charge is 0.360 e. The van der Waals surface area contributed by atoms with Gasteiger partial charge in [-0.1, -0.05) is 19.3 Å². The second kappa shape index (κ2) is 5.95. The molecule has 6 heteroatoms. The lowest BCUT2D eigenvalue weighted by Crippen LogP contribution is -2.43. The second-order valence-electron chi connectivity index (χ2n) is 4.57. The molecule has 1 fully saturated rings. The molecule has 0 saturated heterocycles. The van der Waals surface area contributed by atoms with Crippen LogP contribution in [0.2, 0.25) is 0 Å². The Balaban J connectivity index is 1.78. The van der Waals surface area contributed by atoms with Crippen LogP contribution >= 0.6 is 12.2 Å². The van der Waals surface area contributed by atoms with Crippen molar-refractivity contribution in [1.82, 2.24) is 25.4 Å². The molecule has 0 aliphatic heterocycles. The monoisotopic (exact) mass is 253 g/mol. The molecule has 0 aromatic carbocycles. The van der Waals surface area contributed by atoms with Crippen LogP contribution in [0.3, 0.4) is 0 Å². The van der Waals surface area contributed by atoms with Crippen molar-refractivity contribution in [3.8, 4) is 0 Å². The van der Waals surface area contributed by atoms with Crippen LogP contribution in [0.4, 0.5) is 0 Å². The van der Waals surface area contributed by atoms with Gasteiger partial charge in [-0.15, -0.1) is 0 Å². The molecular weight excluding hydrogens is 234 g/mol. The molecule has 0 amide bonds. The van der Waals surface area contributed by atoms with Crippen molar-refractivity contribution in [3.05, 3.63) is 12.2 Å². The predicted octanol–water partition coefficient (Wildman–Crippen LogP) is 1.44. The minimum atomic E-state index is 0.549. The standard InChI is InChI=1S/C11H19N5S/c1-16(7-10-12-8-13-15-10)11(17)14-9-5-3-2-4-6-9/h8-9H,2-7H2,1H3,(H,14,17)(H,12,13,15). The van der Waals surface area contributed by atoms with Crippen molar-refractivity contribution in [3.63, 3.8) is 0 Å². The first-order valence-corrected chi connectivity index (χ1v) is 6.52. The SMILES string of the molecule is CN(Cc1ncn[nH]1)C(=S)NC1CCCCC1. The fourth-order valence-corrected chi connectivity index (χ4v) is 2.37. The maximum atomic E-state index is 5.38. The minimum Gasteiger partial charge on any atom is -0.360 e. The first-order valence-electron chi connectivity index (χ1n) is 6.11. The van der Waals surface area contributed by atoms with Crippen LogP contribution in [0.1, 0.15) is 37.9 Å². The second-order valence-corrected chi connectivity index (χ2v) is 4.96. The predicted molar refractivity (Wildman–Crippen MR) is 70.5 cm³/mol. The number of H-pyrrole nitrogens is 1. The molecule has 5 nitrogen and oxygen atoms in total. The van der Waals surface area contributed by atoms with Gasteiger partial charge in [0.25, 0.3) is 0 Å². The van der Waals surface area contributed by atoms with Crippen molar-refractivity contribution >= 4 is 17.3 Å². The van der Waals surface area contributed by atoms with Crippen LogP contribution in [0.5, 0.6) is 0 Å². The lowest BCUT2D eigenvalue weighted by atomic mass is 9.96. The Morgan fingerprint density at radius 3 is 2.94 bits per heavy atom. The first kappa shape index (κ1) is 12.3. The van der Waals surface area contributed by atoms with Crippen LogP contribution in [0.25, 0.3) is 0 Å². The highest BCUT2D eigenvalue weighted by Gasteiger charge is 2.16. The Labute approximate surface area is 107 Å². The van der Waals surface area contributed by atoms with Gasteiger partial charge in [-0.3, -0.25) is 5.10 Å². The molecule has 1 aliphatic carbocycles. The van der Waals surface area contributed by atoms with Crippen LogP contribution in [-0.2, 0) is 6.54 Å². The number of aromatic nitrogens is 3. The van der Waals surface area contributed by atoms with E-state index in [1.54, 1.807) is 0 Å². The lowest BCUT2D eigenvalue weighted by Gasteiger charge is -2.27. The summed E-state index contributed by atoms with van der Waals surface area (Å²) in [6.07, 6.45) is 7.96. The van der Waals surface area contributed by atoms with E-state index in [0.29, 0.717) is 12.6 Å². The maximum absolute atomic E-state index is 5.38. The molecular formula is C11H19N5S. The zero-order valence-electron chi connectivity index (χ0n) is 10.1. The van der Waals surface area contributed by atoms with Crippen molar-refractivity contribution in [2.75, 3.05) is 7.05 Å². The summed E-state index contributed by atoms with van der Waals surface area (Å²) >= 11 is 5.38. The molecule has 0 bridgehead atoms. The topological polar surface area (TPSA) is 56.8 Å². The molecule has 17 heavy (non-hydrogen) atoms. The van der Waals surface area contributed by atoms with Gasteiger partial charge in [-0.05, 0) is 25.1 Å². The van der Waals surface area contributed by atoms with Gasteiger partial charge >= 0.3 is 0 Å². The Morgan fingerprint density at radius 1 is 1.53 bits per heavy atom. The quantitative estimate of drug-likeness (QED) is 0.798. The van der Waals surface area contributed by atoms with E-state index in [4.69, 9.17) is 12.2 Å². The van der Waals surface area contributed by atoms with Gasteiger partial charge in [0.05, 0.1) is 6.54 Å².